The first kappa shape index (κ1) is 15.3. The van der Waals surface area contributed by atoms with Gasteiger partial charge >= 0.3 is 0 Å². The van der Waals surface area contributed by atoms with E-state index in [1.54, 1.807) is 0 Å². The summed E-state index contributed by atoms with van der Waals surface area (Å²) in [4.78, 5) is 14.1. The van der Waals surface area contributed by atoms with Crippen molar-refractivity contribution in [2.24, 2.45) is 0 Å². The number of hydrogen-bond acceptors (Lipinski definition) is 3. The molecule has 0 aliphatic carbocycles. The normalized spacial score (nSPS) is 11.2. The molecule has 1 aromatic rings. The van der Waals surface area contributed by atoms with Gasteiger partial charge in [0.2, 0.25) is 5.91 Å². The molecule has 1 aromatic carbocycles. The van der Waals surface area contributed by atoms with E-state index in [0.717, 1.165) is 24.3 Å². The van der Waals surface area contributed by atoms with Crippen molar-refractivity contribution in [3.63, 3.8) is 0 Å². The molecule has 1 amide bonds. The van der Waals surface area contributed by atoms with Gasteiger partial charge < -0.3 is 16.0 Å². The number of nitrogens with zero attached hydrogens (tertiary/aromatic N) is 1. The van der Waals surface area contributed by atoms with Crippen molar-refractivity contribution < 1.29 is 4.79 Å². The molecular formula is C15H25N3O. The summed E-state index contributed by atoms with van der Waals surface area (Å²) in [7, 11) is 0. The van der Waals surface area contributed by atoms with Gasteiger partial charge in [0.25, 0.3) is 0 Å². The summed E-state index contributed by atoms with van der Waals surface area (Å²) < 4.78 is 0. The fourth-order valence-corrected chi connectivity index (χ4v) is 1.75. The van der Waals surface area contributed by atoms with Gasteiger partial charge in [0.05, 0.1) is 6.54 Å². The van der Waals surface area contributed by atoms with Crippen LogP contribution in [0.3, 0.4) is 0 Å². The molecule has 0 radical (unpaired) electrons. The van der Waals surface area contributed by atoms with E-state index in [9.17, 15) is 4.79 Å². The average molecular weight is 263 g/mol. The molecule has 0 aromatic heterocycles. The Kier molecular flexibility index (Phi) is 5.21. The van der Waals surface area contributed by atoms with Gasteiger partial charge in [0, 0.05) is 23.5 Å². The second-order valence-electron chi connectivity index (χ2n) is 5.39. The maximum absolute atomic E-state index is 12.0. The molecule has 0 bridgehead atoms. The largest absolute Gasteiger partial charge is 0.399 e. The summed E-state index contributed by atoms with van der Waals surface area (Å²) in [5.74, 6) is 0.0468. The van der Waals surface area contributed by atoms with E-state index in [0.29, 0.717) is 6.54 Å². The zero-order valence-corrected chi connectivity index (χ0v) is 12.4. The lowest BCUT2D eigenvalue weighted by Gasteiger charge is -2.28. The van der Waals surface area contributed by atoms with Crippen LogP contribution in [-0.4, -0.2) is 24.5 Å². The van der Waals surface area contributed by atoms with Crippen LogP contribution in [0.1, 0.15) is 34.1 Å². The van der Waals surface area contributed by atoms with Crippen molar-refractivity contribution in [3.05, 3.63) is 24.3 Å². The maximum atomic E-state index is 12.0. The van der Waals surface area contributed by atoms with Gasteiger partial charge in [-0.15, -0.1) is 0 Å². The molecule has 0 saturated carbocycles. The quantitative estimate of drug-likeness (QED) is 0.775. The minimum Gasteiger partial charge on any atom is -0.399 e. The molecule has 0 aliphatic rings. The van der Waals surface area contributed by atoms with E-state index in [1.807, 2.05) is 49.9 Å². The number of likely N-dealkylation sites (N-methyl/N-ethyl adjacent to an activating group) is 1. The van der Waals surface area contributed by atoms with Crippen LogP contribution in [0, 0.1) is 0 Å². The lowest BCUT2D eigenvalue weighted by Crippen LogP contribution is -2.47. The maximum Gasteiger partial charge on any atom is 0.239 e. The van der Waals surface area contributed by atoms with Gasteiger partial charge in [-0.05, 0) is 51.5 Å². The topological polar surface area (TPSA) is 58.4 Å². The first-order valence-corrected chi connectivity index (χ1v) is 6.79. The number of benzene rings is 1. The minimum atomic E-state index is -0.155. The third-order valence-electron chi connectivity index (χ3n) is 3.34. The number of carbonyl (C=O) groups excluding carboxylic acids is 1. The Morgan fingerprint density at radius 3 is 2.32 bits per heavy atom. The van der Waals surface area contributed by atoms with Crippen molar-refractivity contribution in [3.8, 4) is 0 Å². The summed E-state index contributed by atoms with van der Waals surface area (Å²) in [6.07, 6.45) is 0.909. The molecule has 0 atom stereocenters. The lowest BCUT2D eigenvalue weighted by atomic mass is 10.0. The Hall–Kier alpha value is -1.71. The van der Waals surface area contributed by atoms with Gasteiger partial charge in [-0.2, -0.15) is 0 Å². The molecule has 0 spiro atoms. The number of rotatable bonds is 6. The zero-order valence-electron chi connectivity index (χ0n) is 12.4. The highest BCUT2D eigenvalue weighted by atomic mass is 16.2. The summed E-state index contributed by atoms with van der Waals surface area (Å²) >= 11 is 0. The smallest absolute Gasteiger partial charge is 0.239 e. The van der Waals surface area contributed by atoms with Crippen molar-refractivity contribution in [2.45, 2.75) is 39.7 Å². The van der Waals surface area contributed by atoms with Crippen LogP contribution in [0.25, 0.3) is 0 Å². The minimum absolute atomic E-state index is 0.0468. The van der Waals surface area contributed by atoms with E-state index in [1.165, 1.54) is 0 Å². The Labute approximate surface area is 116 Å². The van der Waals surface area contributed by atoms with Crippen LogP contribution < -0.4 is 16.0 Å². The van der Waals surface area contributed by atoms with Gasteiger partial charge in [0.1, 0.15) is 0 Å². The van der Waals surface area contributed by atoms with Gasteiger partial charge in [-0.3, -0.25) is 4.79 Å². The molecule has 0 aliphatic heterocycles. The highest BCUT2D eigenvalue weighted by Crippen LogP contribution is 2.16. The summed E-state index contributed by atoms with van der Waals surface area (Å²) in [6, 6.07) is 7.59. The molecular weight excluding hydrogens is 238 g/mol. The Bertz CT molecular complexity index is 412. The second kappa shape index (κ2) is 6.45. The molecule has 3 N–H and O–H groups in total. The number of nitrogens with one attached hydrogen (secondary N) is 1. The fraction of sp³-hybridized carbons (Fsp3) is 0.533. The van der Waals surface area contributed by atoms with E-state index >= 15 is 0 Å². The first-order chi connectivity index (χ1) is 8.88. The monoisotopic (exact) mass is 263 g/mol. The standard InChI is InChI=1S/C15H25N3O/c1-5-15(3,4)17-14(19)11-18(6-2)13-9-7-12(16)8-10-13/h7-10H,5-6,11,16H2,1-4H3,(H,17,19). The van der Waals surface area contributed by atoms with E-state index < -0.39 is 0 Å². The van der Waals surface area contributed by atoms with Crippen LogP contribution in [0.15, 0.2) is 24.3 Å². The highest BCUT2D eigenvalue weighted by Gasteiger charge is 2.19. The Balaban J connectivity index is 2.67. The highest BCUT2D eigenvalue weighted by molar-refractivity contribution is 5.82. The molecule has 0 fully saturated rings. The fourth-order valence-electron chi connectivity index (χ4n) is 1.75. The van der Waals surface area contributed by atoms with Crippen molar-refractivity contribution in [1.29, 1.82) is 0 Å². The van der Waals surface area contributed by atoms with E-state index in [4.69, 9.17) is 5.73 Å². The van der Waals surface area contributed by atoms with Gasteiger partial charge in [-0.25, -0.2) is 0 Å². The molecule has 4 heteroatoms. The summed E-state index contributed by atoms with van der Waals surface area (Å²) in [6.45, 7) is 9.31. The molecule has 0 heterocycles. The summed E-state index contributed by atoms with van der Waals surface area (Å²) in [5, 5.41) is 3.05. The third kappa shape index (κ3) is 4.81. The Morgan fingerprint density at radius 2 is 1.84 bits per heavy atom. The first-order valence-electron chi connectivity index (χ1n) is 6.79. The number of amides is 1. The van der Waals surface area contributed by atoms with Crippen molar-refractivity contribution >= 4 is 17.3 Å². The van der Waals surface area contributed by atoms with Gasteiger partial charge in [-0.1, -0.05) is 6.92 Å². The lowest BCUT2D eigenvalue weighted by molar-refractivity contribution is -0.121. The molecule has 1 rings (SSSR count). The number of anilines is 2. The van der Waals surface area contributed by atoms with Gasteiger partial charge in [0.15, 0.2) is 0 Å². The molecule has 0 saturated heterocycles. The molecule has 106 valence electrons. The second-order valence-corrected chi connectivity index (χ2v) is 5.39. The van der Waals surface area contributed by atoms with Crippen LogP contribution in [0.2, 0.25) is 0 Å². The predicted octanol–water partition coefficient (Wildman–Crippen LogP) is 2.40. The summed E-state index contributed by atoms with van der Waals surface area (Å²) in [5.41, 5.74) is 7.27. The SMILES string of the molecule is CCN(CC(=O)NC(C)(C)CC)c1ccc(N)cc1. The number of nitrogens with two attached hydrogens (primary N) is 1. The van der Waals surface area contributed by atoms with E-state index in [2.05, 4.69) is 12.2 Å². The van der Waals surface area contributed by atoms with Crippen LogP contribution in [0.5, 0.6) is 0 Å². The molecule has 19 heavy (non-hydrogen) atoms. The Morgan fingerprint density at radius 1 is 1.26 bits per heavy atom. The third-order valence-corrected chi connectivity index (χ3v) is 3.34. The predicted molar refractivity (Wildman–Crippen MR) is 81.3 cm³/mol. The van der Waals surface area contributed by atoms with Crippen molar-refractivity contribution in [1.82, 2.24) is 5.32 Å². The van der Waals surface area contributed by atoms with Crippen LogP contribution in [-0.2, 0) is 4.79 Å². The number of nitrogen functional groups attached to an aromatic ring is 1. The average Bonchev–Trinajstić information content (AvgIpc) is 2.36. The zero-order chi connectivity index (χ0) is 14.5. The van der Waals surface area contributed by atoms with Crippen LogP contribution in [0.4, 0.5) is 11.4 Å². The van der Waals surface area contributed by atoms with E-state index in [-0.39, 0.29) is 11.4 Å². The molecule has 4 nitrogen and oxygen atoms in total. The van der Waals surface area contributed by atoms with Crippen molar-refractivity contribution in [2.75, 3.05) is 23.7 Å². The number of hydrogen-bond donors (Lipinski definition) is 2. The van der Waals surface area contributed by atoms with Crippen LogP contribution >= 0.6 is 0 Å². The number of carbonyl (C=O) groups is 1. The molecule has 0 unspecified atom stereocenters.